The van der Waals surface area contributed by atoms with Gasteiger partial charge in [-0.2, -0.15) is 0 Å². The zero-order valence-corrected chi connectivity index (χ0v) is 14.7. The first-order valence-corrected chi connectivity index (χ1v) is 9.18. The van der Waals surface area contributed by atoms with Crippen LogP contribution in [0.5, 0.6) is 5.75 Å². The van der Waals surface area contributed by atoms with Crippen LogP contribution < -0.4 is 4.74 Å². The maximum Gasteiger partial charge on any atom is 0.184 e. The molecule has 2 aromatic rings. The Morgan fingerprint density at radius 2 is 1.95 bits per heavy atom. The average Bonchev–Trinajstić information content (AvgIpc) is 3.07. The van der Waals surface area contributed by atoms with E-state index in [2.05, 4.69) is 26.4 Å². The number of hydrogen-bond donors (Lipinski definition) is 0. The lowest BCUT2D eigenvalue weighted by atomic mass is 10.0. The Kier molecular flexibility index (Phi) is 4.83. The molecule has 1 aliphatic rings. The highest BCUT2D eigenvalue weighted by molar-refractivity contribution is 7.17. The highest BCUT2D eigenvalue weighted by atomic mass is 35.5. The SMILES string of the molecule is CC(P)Oc1ccc(-c2nc(Cl)sc2C2CCCC2)cc1. The third kappa shape index (κ3) is 3.59. The zero-order valence-electron chi connectivity index (χ0n) is 12.0. The molecule has 1 heterocycles. The smallest absolute Gasteiger partial charge is 0.184 e. The first-order valence-electron chi connectivity index (χ1n) is 7.32. The Hall–Kier alpha value is -0.630. The predicted molar refractivity (Wildman–Crippen MR) is 93.6 cm³/mol. The predicted octanol–water partition coefficient (Wildman–Crippen LogP) is 5.72. The molecule has 0 radical (unpaired) electrons. The van der Waals surface area contributed by atoms with E-state index in [0.29, 0.717) is 10.4 Å². The van der Waals surface area contributed by atoms with Gasteiger partial charge in [0.2, 0.25) is 0 Å². The van der Waals surface area contributed by atoms with Crippen molar-refractivity contribution in [2.24, 2.45) is 0 Å². The van der Waals surface area contributed by atoms with Crippen LogP contribution >= 0.6 is 32.2 Å². The maximum atomic E-state index is 6.17. The molecule has 112 valence electrons. The highest BCUT2D eigenvalue weighted by Gasteiger charge is 2.24. The van der Waals surface area contributed by atoms with Gasteiger partial charge >= 0.3 is 0 Å². The summed E-state index contributed by atoms with van der Waals surface area (Å²) in [6.07, 6.45) is 5.16. The molecule has 0 amide bonds. The van der Waals surface area contributed by atoms with Gasteiger partial charge in [0.1, 0.15) is 11.6 Å². The Morgan fingerprint density at radius 1 is 1.29 bits per heavy atom. The summed E-state index contributed by atoms with van der Waals surface area (Å²) >= 11 is 7.82. The molecule has 2 atom stereocenters. The molecule has 21 heavy (non-hydrogen) atoms. The van der Waals surface area contributed by atoms with Gasteiger partial charge in [-0.05, 0) is 49.9 Å². The molecule has 1 fully saturated rings. The summed E-state index contributed by atoms with van der Waals surface area (Å²) in [6, 6.07) is 8.15. The lowest BCUT2D eigenvalue weighted by molar-refractivity contribution is 0.307. The lowest BCUT2D eigenvalue weighted by Crippen LogP contribution is -2.01. The van der Waals surface area contributed by atoms with E-state index in [1.165, 1.54) is 30.6 Å². The molecule has 0 spiro atoms. The standard InChI is InChI=1S/C16H19ClNOPS/c1-10(20)19-13-8-6-11(7-9-13)14-15(21-16(17)18-14)12-4-2-3-5-12/h6-10,12H,2-5,20H2,1H3. The number of aromatic nitrogens is 1. The molecule has 1 aromatic carbocycles. The number of rotatable bonds is 4. The molecule has 0 bridgehead atoms. The van der Waals surface area contributed by atoms with E-state index in [0.717, 1.165) is 17.0 Å². The summed E-state index contributed by atoms with van der Waals surface area (Å²) in [5.74, 6) is 1.62. The Bertz CT molecular complexity index is 605. The Morgan fingerprint density at radius 3 is 2.57 bits per heavy atom. The molecular formula is C16H19ClNOPS. The quantitative estimate of drug-likeness (QED) is 0.664. The molecular weight excluding hydrogens is 321 g/mol. The summed E-state index contributed by atoms with van der Waals surface area (Å²) in [5, 5.41) is 0. The molecule has 1 aliphatic carbocycles. The zero-order chi connectivity index (χ0) is 14.8. The summed E-state index contributed by atoms with van der Waals surface area (Å²) in [6.45, 7) is 2.00. The molecule has 0 N–H and O–H groups in total. The van der Waals surface area contributed by atoms with Gasteiger partial charge < -0.3 is 4.74 Å². The fourth-order valence-electron chi connectivity index (χ4n) is 2.88. The molecule has 5 heteroatoms. The number of ether oxygens (including phenoxy) is 1. The minimum atomic E-state index is 0.110. The van der Waals surface area contributed by atoms with E-state index in [9.17, 15) is 0 Å². The highest BCUT2D eigenvalue weighted by Crippen LogP contribution is 2.43. The van der Waals surface area contributed by atoms with Gasteiger partial charge in [-0.25, -0.2) is 4.98 Å². The molecule has 0 saturated heterocycles. The lowest BCUT2D eigenvalue weighted by Gasteiger charge is -2.11. The van der Waals surface area contributed by atoms with Crippen molar-refractivity contribution < 1.29 is 4.74 Å². The normalized spacial score (nSPS) is 17.1. The van der Waals surface area contributed by atoms with Crippen molar-refractivity contribution in [3.05, 3.63) is 33.6 Å². The molecule has 2 unspecified atom stereocenters. The second kappa shape index (κ2) is 6.64. The van der Waals surface area contributed by atoms with Crippen LogP contribution in [-0.4, -0.2) is 10.8 Å². The van der Waals surface area contributed by atoms with Crippen LogP contribution in [0.3, 0.4) is 0 Å². The topological polar surface area (TPSA) is 22.1 Å². The fourth-order valence-corrected chi connectivity index (χ4v) is 4.35. The van der Waals surface area contributed by atoms with Crippen LogP contribution in [0, 0.1) is 0 Å². The van der Waals surface area contributed by atoms with Crippen molar-refractivity contribution in [1.82, 2.24) is 4.98 Å². The summed E-state index contributed by atoms with van der Waals surface area (Å²) in [5.41, 5.74) is 2.19. The van der Waals surface area contributed by atoms with E-state index in [-0.39, 0.29) is 5.85 Å². The van der Waals surface area contributed by atoms with Crippen molar-refractivity contribution >= 4 is 32.2 Å². The first kappa shape index (κ1) is 15.3. The van der Waals surface area contributed by atoms with Gasteiger partial charge in [0.05, 0.1) is 5.69 Å². The number of thiazole rings is 1. The Labute approximate surface area is 137 Å². The molecule has 1 aromatic heterocycles. The van der Waals surface area contributed by atoms with Crippen LogP contribution in [0.15, 0.2) is 24.3 Å². The third-order valence-corrected chi connectivity index (χ3v) is 5.26. The van der Waals surface area contributed by atoms with Gasteiger partial charge in [-0.15, -0.1) is 11.3 Å². The minimum absolute atomic E-state index is 0.110. The second-order valence-electron chi connectivity index (χ2n) is 5.51. The molecule has 2 nitrogen and oxygen atoms in total. The van der Waals surface area contributed by atoms with Crippen molar-refractivity contribution in [3.63, 3.8) is 0 Å². The van der Waals surface area contributed by atoms with Crippen LogP contribution in [0.25, 0.3) is 11.3 Å². The van der Waals surface area contributed by atoms with Crippen molar-refractivity contribution in [3.8, 4) is 17.0 Å². The number of nitrogens with zero attached hydrogens (tertiary/aromatic N) is 1. The van der Waals surface area contributed by atoms with Crippen molar-refractivity contribution in [2.75, 3.05) is 0 Å². The number of hydrogen-bond acceptors (Lipinski definition) is 3. The largest absolute Gasteiger partial charge is 0.487 e. The van der Waals surface area contributed by atoms with Crippen molar-refractivity contribution in [2.45, 2.75) is 44.4 Å². The fraction of sp³-hybridized carbons (Fsp3) is 0.438. The van der Waals surface area contributed by atoms with E-state index in [4.69, 9.17) is 16.3 Å². The van der Waals surface area contributed by atoms with Crippen molar-refractivity contribution in [1.29, 1.82) is 0 Å². The Balaban J connectivity index is 1.89. The first-order chi connectivity index (χ1) is 10.1. The van der Waals surface area contributed by atoms with E-state index in [1.54, 1.807) is 11.3 Å². The minimum Gasteiger partial charge on any atom is -0.487 e. The van der Waals surface area contributed by atoms with E-state index >= 15 is 0 Å². The monoisotopic (exact) mass is 339 g/mol. The summed E-state index contributed by atoms with van der Waals surface area (Å²) in [7, 11) is 2.63. The second-order valence-corrected chi connectivity index (χ2v) is 8.06. The van der Waals surface area contributed by atoms with E-state index < -0.39 is 0 Å². The third-order valence-electron chi connectivity index (χ3n) is 3.80. The summed E-state index contributed by atoms with van der Waals surface area (Å²) < 4.78 is 6.30. The van der Waals surface area contributed by atoms with Gasteiger partial charge in [-0.1, -0.05) is 33.7 Å². The van der Waals surface area contributed by atoms with E-state index in [1.807, 2.05) is 19.1 Å². The van der Waals surface area contributed by atoms with Crippen LogP contribution in [0.2, 0.25) is 4.47 Å². The van der Waals surface area contributed by atoms with Crippen LogP contribution in [-0.2, 0) is 0 Å². The molecule has 1 saturated carbocycles. The van der Waals surface area contributed by atoms with Gasteiger partial charge in [0, 0.05) is 10.4 Å². The summed E-state index contributed by atoms with van der Waals surface area (Å²) in [4.78, 5) is 5.91. The molecule has 3 rings (SSSR count). The maximum absolute atomic E-state index is 6.17. The van der Waals surface area contributed by atoms with Crippen LogP contribution in [0.4, 0.5) is 0 Å². The average molecular weight is 340 g/mol. The number of halogens is 1. The van der Waals surface area contributed by atoms with Crippen LogP contribution in [0.1, 0.15) is 43.4 Å². The van der Waals surface area contributed by atoms with Gasteiger partial charge in [0.15, 0.2) is 4.47 Å². The van der Waals surface area contributed by atoms with Gasteiger partial charge in [-0.3, -0.25) is 0 Å². The number of benzene rings is 1. The molecule has 0 aliphatic heterocycles. The van der Waals surface area contributed by atoms with Gasteiger partial charge in [0.25, 0.3) is 0 Å².